The number of urea groups is 1. The van der Waals surface area contributed by atoms with Crippen LogP contribution in [0.4, 0.5) is 23.7 Å². The minimum atomic E-state index is -5.53. The predicted octanol–water partition coefficient (Wildman–Crippen LogP) is 3.89. The molecule has 0 N–H and O–H groups in total. The normalized spacial score (nSPS) is 17.0. The van der Waals surface area contributed by atoms with Gasteiger partial charge in [-0.2, -0.15) is 13.2 Å². The van der Waals surface area contributed by atoms with Gasteiger partial charge in [0.25, 0.3) is 15.7 Å². The molecule has 0 unspecified atom stereocenters. The second-order valence-corrected chi connectivity index (χ2v) is 9.75. The van der Waals surface area contributed by atoms with Crippen LogP contribution in [0.1, 0.15) is 19.4 Å². The molecule has 2 heterocycles. The average molecular weight is 506 g/mol. The molecule has 0 spiro atoms. The van der Waals surface area contributed by atoms with Gasteiger partial charge in [0.1, 0.15) is 10.1 Å². The van der Waals surface area contributed by atoms with E-state index >= 15 is 0 Å². The summed E-state index contributed by atoms with van der Waals surface area (Å²) in [5.41, 5.74) is -6.01. The van der Waals surface area contributed by atoms with Gasteiger partial charge < -0.3 is 4.90 Å². The van der Waals surface area contributed by atoms with Crippen LogP contribution in [-0.2, 0) is 21.2 Å². The number of carbonyl (C=O) groups is 2. The highest BCUT2D eigenvalue weighted by Crippen LogP contribution is 2.35. The summed E-state index contributed by atoms with van der Waals surface area (Å²) < 4.78 is 61.7. The van der Waals surface area contributed by atoms with Gasteiger partial charge in [0.15, 0.2) is 0 Å². The van der Waals surface area contributed by atoms with E-state index in [1.165, 1.54) is 11.1 Å². The number of aromatic nitrogens is 1. The SMILES string of the molecule is CC1(C)C(=O)N(c2ccc(S(=O)(=O)C(F)(F)F)cc2)C(=O)N1Cc1ccnc(Br)c1. The van der Waals surface area contributed by atoms with Gasteiger partial charge in [-0.25, -0.2) is 23.1 Å². The van der Waals surface area contributed by atoms with Crippen LogP contribution in [-0.4, -0.2) is 41.3 Å². The first kappa shape index (κ1) is 22.2. The number of carbonyl (C=O) groups excluding carboxylic acids is 2. The maximum Gasteiger partial charge on any atom is 0.501 e. The van der Waals surface area contributed by atoms with Gasteiger partial charge >= 0.3 is 11.5 Å². The molecular formula is C18H15BrF3N3O4S. The quantitative estimate of drug-likeness (QED) is 0.464. The average Bonchev–Trinajstić information content (AvgIpc) is 2.81. The van der Waals surface area contributed by atoms with Gasteiger partial charge in [0, 0.05) is 12.7 Å². The number of nitrogens with zero attached hydrogens (tertiary/aromatic N) is 3. The number of hydrogen-bond acceptors (Lipinski definition) is 5. The number of amides is 3. The molecule has 30 heavy (non-hydrogen) atoms. The van der Waals surface area contributed by atoms with Gasteiger partial charge in [0.05, 0.1) is 10.6 Å². The smallest absolute Gasteiger partial charge is 0.305 e. The van der Waals surface area contributed by atoms with E-state index in [1.807, 2.05) is 0 Å². The molecule has 0 bridgehead atoms. The van der Waals surface area contributed by atoms with Crippen LogP contribution in [0.5, 0.6) is 0 Å². The predicted molar refractivity (Wildman–Crippen MR) is 104 cm³/mol. The lowest BCUT2D eigenvalue weighted by molar-refractivity contribution is -0.123. The number of alkyl halides is 3. The minimum absolute atomic E-state index is 0.0300. The van der Waals surface area contributed by atoms with E-state index in [0.29, 0.717) is 22.3 Å². The molecule has 1 saturated heterocycles. The lowest BCUT2D eigenvalue weighted by Gasteiger charge is -2.27. The molecule has 1 fully saturated rings. The first-order chi connectivity index (χ1) is 13.8. The number of halogens is 4. The molecule has 0 radical (unpaired) electrons. The molecular weight excluding hydrogens is 491 g/mol. The monoisotopic (exact) mass is 505 g/mol. The second kappa shape index (κ2) is 7.34. The summed E-state index contributed by atoms with van der Waals surface area (Å²) in [5, 5.41) is 0. The highest BCUT2D eigenvalue weighted by molar-refractivity contribution is 9.10. The van der Waals surface area contributed by atoms with E-state index in [0.717, 1.165) is 17.0 Å². The summed E-state index contributed by atoms with van der Waals surface area (Å²) >= 11 is 3.23. The Bertz CT molecular complexity index is 1120. The third kappa shape index (κ3) is 3.69. The Labute approximate surface area is 178 Å². The van der Waals surface area contributed by atoms with Crippen molar-refractivity contribution in [2.75, 3.05) is 4.90 Å². The van der Waals surface area contributed by atoms with E-state index in [2.05, 4.69) is 20.9 Å². The van der Waals surface area contributed by atoms with Gasteiger partial charge in [-0.3, -0.25) is 4.79 Å². The third-order valence-corrected chi connectivity index (χ3v) is 6.60. The largest absolute Gasteiger partial charge is 0.501 e. The number of sulfone groups is 1. The van der Waals surface area contributed by atoms with Gasteiger partial charge in [0.2, 0.25) is 0 Å². The fourth-order valence-corrected chi connectivity index (χ4v) is 4.13. The van der Waals surface area contributed by atoms with Crippen LogP contribution >= 0.6 is 15.9 Å². The molecule has 3 amide bonds. The molecule has 12 heteroatoms. The Balaban J connectivity index is 1.93. The number of rotatable bonds is 4. The summed E-state index contributed by atoms with van der Waals surface area (Å²) in [6.45, 7) is 3.19. The maximum atomic E-state index is 13.0. The Morgan fingerprint density at radius 1 is 1.10 bits per heavy atom. The van der Waals surface area contributed by atoms with Gasteiger partial charge in [-0.1, -0.05) is 0 Å². The Hall–Kier alpha value is -2.47. The zero-order valence-corrected chi connectivity index (χ0v) is 18.0. The van der Waals surface area contributed by atoms with Crippen LogP contribution in [0.3, 0.4) is 0 Å². The zero-order chi connectivity index (χ0) is 22.5. The number of hydrogen-bond donors (Lipinski definition) is 0. The Kier molecular flexibility index (Phi) is 5.44. The molecule has 1 aliphatic heterocycles. The van der Waals surface area contributed by atoms with Crippen LogP contribution < -0.4 is 4.90 Å². The summed E-state index contributed by atoms with van der Waals surface area (Å²) in [6, 6.07) is 6.12. The summed E-state index contributed by atoms with van der Waals surface area (Å²) in [7, 11) is -5.53. The van der Waals surface area contributed by atoms with Crippen molar-refractivity contribution in [3.8, 4) is 0 Å². The fourth-order valence-electron chi connectivity index (χ4n) is 2.96. The highest BCUT2D eigenvalue weighted by atomic mass is 79.9. The first-order valence-corrected chi connectivity index (χ1v) is 10.7. The van der Waals surface area contributed by atoms with Crippen molar-refractivity contribution in [3.05, 3.63) is 52.8 Å². The van der Waals surface area contributed by atoms with Crippen molar-refractivity contribution in [1.29, 1.82) is 0 Å². The van der Waals surface area contributed by atoms with Gasteiger partial charge in [-0.05, 0) is 71.7 Å². The molecule has 1 aliphatic rings. The third-order valence-electron chi connectivity index (χ3n) is 4.67. The van der Waals surface area contributed by atoms with Crippen molar-refractivity contribution in [3.63, 3.8) is 0 Å². The molecule has 0 atom stereocenters. The van der Waals surface area contributed by atoms with E-state index in [1.54, 1.807) is 26.0 Å². The first-order valence-electron chi connectivity index (χ1n) is 8.45. The Morgan fingerprint density at radius 3 is 2.23 bits per heavy atom. The van der Waals surface area contributed by atoms with Crippen molar-refractivity contribution in [2.45, 2.75) is 36.3 Å². The van der Waals surface area contributed by atoms with Crippen LogP contribution in [0.2, 0.25) is 0 Å². The molecule has 2 aromatic rings. The van der Waals surface area contributed by atoms with Crippen LogP contribution in [0.25, 0.3) is 0 Å². The van der Waals surface area contributed by atoms with Crippen molar-refractivity contribution in [1.82, 2.24) is 9.88 Å². The topological polar surface area (TPSA) is 87.7 Å². The molecule has 0 aliphatic carbocycles. The molecule has 1 aromatic heterocycles. The number of imide groups is 1. The van der Waals surface area contributed by atoms with Crippen LogP contribution in [0.15, 0.2) is 52.1 Å². The second-order valence-electron chi connectivity index (χ2n) is 7.00. The number of anilines is 1. The van der Waals surface area contributed by atoms with Crippen molar-refractivity contribution >= 4 is 43.4 Å². The van der Waals surface area contributed by atoms with E-state index in [4.69, 9.17) is 0 Å². The molecule has 0 saturated carbocycles. The number of pyridine rings is 1. The van der Waals surface area contributed by atoms with Crippen LogP contribution in [0, 0.1) is 0 Å². The van der Waals surface area contributed by atoms with E-state index in [-0.39, 0.29) is 12.2 Å². The van der Waals surface area contributed by atoms with E-state index in [9.17, 15) is 31.2 Å². The molecule has 160 valence electrons. The lowest BCUT2D eigenvalue weighted by atomic mass is 10.0. The number of benzene rings is 1. The van der Waals surface area contributed by atoms with E-state index < -0.39 is 37.7 Å². The molecule has 1 aromatic carbocycles. The van der Waals surface area contributed by atoms with Crippen molar-refractivity contribution < 1.29 is 31.2 Å². The maximum absolute atomic E-state index is 13.0. The minimum Gasteiger partial charge on any atom is -0.305 e. The summed E-state index contributed by atoms with van der Waals surface area (Å²) in [5.74, 6) is -0.591. The van der Waals surface area contributed by atoms with Crippen molar-refractivity contribution in [2.24, 2.45) is 0 Å². The standard InChI is InChI=1S/C18H15BrF3N3O4S/c1-17(2)15(26)25(16(27)24(17)10-11-7-8-23-14(19)9-11)12-3-5-13(6-4-12)30(28,29)18(20,21)22/h3-9H,10H2,1-2H3. The summed E-state index contributed by atoms with van der Waals surface area (Å²) in [4.78, 5) is 31.0. The summed E-state index contributed by atoms with van der Waals surface area (Å²) in [6.07, 6.45) is 1.53. The molecule has 3 rings (SSSR count). The highest BCUT2D eigenvalue weighted by Gasteiger charge is 2.52. The molecule has 7 nitrogen and oxygen atoms in total. The van der Waals surface area contributed by atoms with Gasteiger partial charge in [-0.15, -0.1) is 0 Å². The zero-order valence-electron chi connectivity index (χ0n) is 15.6. The Morgan fingerprint density at radius 2 is 1.70 bits per heavy atom. The lowest BCUT2D eigenvalue weighted by Crippen LogP contribution is -2.43. The fraction of sp³-hybridized carbons (Fsp3) is 0.278.